The number of nitrogens with one attached hydrogen (secondary N) is 2. The van der Waals surface area contributed by atoms with Crippen molar-refractivity contribution in [2.45, 2.75) is 6.92 Å². The molecule has 20 heavy (non-hydrogen) atoms. The lowest BCUT2D eigenvalue weighted by molar-refractivity contribution is 0.252. The van der Waals surface area contributed by atoms with Crippen LogP contribution in [0.25, 0.3) is 0 Å². The molecule has 2 aromatic rings. The number of benzene rings is 2. The van der Waals surface area contributed by atoms with Gasteiger partial charge >= 0.3 is 6.03 Å². The largest absolute Gasteiger partial charge is 0.339 e. The minimum Gasteiger partial charge on any atom is -0.306 e. The van der Waals surface area contributed by atoms with Crippen molar-refractivity contribution in [3.63, 3.8) is 0 Å². The molecule has 0 saturated carbocycles. The number of carbonyl (C=O) groups is 1. The third kappa shape index (κ3) is 4.10. The van der Waals surface area contributed by atoms with Gasteiger partial charge in [-0.05, 0) is 36.2 Å². The fourth-order valence-corrected chi connectivity index (χ4v) is 1.70. The average Bonchev–Trinajstić information content (AvgIpc) is 2.44. The topological polar surface area (TPSA) is 53.5 Å². The maximum Gasteiger partial charge on any atom is 0.339 e. The van der Waals surface area contributed by atoms with Gasteiger partial charge in [-0.1, -0.05) is 41.9 Å². The zero-order chi connectivity index (χ0) is 14.4. The minimum absolute atomic E-state index is 0.385. The highest BCUT2D eigenvalue weighted by molar-refractivity contribution is 6.30. The quantitative estimate of drug-likeness (QED) is 0.655. The van der Waals surface area contributed by atoms with Gasteiger partial charge in [-0.15, -0.1) is 0 Å². The normalized spacial score (nSPS) is 10.5. The third-order valence-electron chi connectivity index (χ3n) is 2.64. The van der Waals surface area contributed by atoms with Gasteiger partial charge in [0.2, 0.25) is 0 Å². The average molecular weight is 288 g/mol. The summed E-state index contributed by atoms with van der Waals surface area (Å²) in [6, 6.07) is 14.3. The summed E-state index contributed by atoms with van der Waals surface area (Å²) in [5.74, 6) is 0. The molecule has 0 saturated heterocycles. The highest BCUT2D eigenvalue weighted by Gasteiger charge is 2.01. The van der Waals surface area contributed by atoms with Crippen LogP contribution in [-0.4, -0.2) is 12.2 Å². The fraction of sp³-hybridized carbons (Fsp3) is 0.0667. The van der Waals surface area contributed by atoms with E-state index in [0.717, 1.165) is 16.8 Å². The Morgan fingerprint density at radius 3 is 2.55 bits per heavy atom. The Hall–Kier alpha value is -2.33. The molecule has 0 aromatic heterocycles. The van der Waals surface area contributed by atoms with E-state index in [2.05, 4.69) is 15.8 Å². The van der Waals surface area contributed by atoms with E-state index in [4.69, 9.17) is 11.6 Å². The van der Waals surface area contributed by atoms with Gasteiger partial charge in [-0.2, -0.15) is 5.10 Å². The van der Waals surface area contributed by atoms with Crippen LogP contribution < -0.4 is 10.7 Å². The Kier molecular flexibility index (Phi) is 4.74. The van der Waals surface area contributed by atoms with E-state index in [1.807, 2.05) is 43.3 Å². The summed E-state index contributed by atoms with van der Waals surface area (Å²) in [5.41, 5.74) is 5.01. The monoisotopic (exact) mass is 287 g/mol. The van der Waals surface area contributed by atoms with Gasteiger partial charge in [-0.3, -0.25) is 0 Å². The molecule has 0 unspecified atom stereocenters. The highest BCUT2D eigenvalue weighted by atomic mass is 35.5. The summed E-state index contributed by atoms with van der Waals surface area (Å²) in [4.78, 5) is 11.7. The minimum atomic E-state index is -0.385. The van der Waals surface area contributed by atoms with E-state index in [1.54, 1.807) is 18.3 Å². The molecule has 0 heterocycles. The molecule has 2 N–H and O–H groups in total. The van der Waals surface area contributed by atoms with Crippen molar-refractivity contribution in [3.05, 3.63) is 64.7 Å². The summed E-state index contributed by atoms with van der Waals surface area (Å²) in [5, 5.41) is 7.25. The molecule has 0 spiro atoms. The second kappa shape index (κ2) is 6.73. The lowest BCUT2D eigenvalue weighted by Crippen LogP contribution is -2.24. The first-order valence-corrected chi connectivity index (χ1v) is 6.44. The maximum atomic E-state index is 11.7. The zero-order valence-electron chi connectivity index (χ0n) is 10.9. The Morgan fingerprint density at radius 1 is 1.15 bits per heavy atom. The van der Waals surface area contributed by atoms with Gasteiger partial charge in [0.05, 0.1) is 6.21 Å². The van der Waals surface area contributed by atoms with E-state index in [0.29, 0.717) is 5.02 Å². The summed E-state index contributed by atoms with van der Waals surface area (Å²) in [6.45, 7) is 1.92. The van der Waals surface area contributed by atoms with Crippen LogP contribution in [0.2, 0.25) is 5.02 Å². The Labute approximate surface area is 122 Å². The third-order valence-corrected chi connectivity index (χ3v) is 2.89. The zero-order valence-corrected chi connectivity index (χ0v) is 11.7. The van der Waals surface area contributed by atoms with Crippen molar-refractivity contribution in [1.29, 1.82) is 0 Å². The number of aryl methyl sites for hydroxylation is 1. The van der Waals surface area contributed by atoms with E-state index in [9.17, 15) is 4.79 Å². The van der Waals surface area contributed by atoms with Crippen molar-refractivity contribution in [2.75, 3.05) is 5.32 Å². The molecule has 0 aliphatic heterocycles. The number of rotatable bonds is 3. The van der Waals surface area contributed by atoms with Crippen molar-refractivity contribution in [3.8, 4) is 0 Å². The van der Waals surface area contributed by atoms with Crippen LogP contribution in [0.4, 0.5) is 10.5 Å². The molecule has 0 fully saturated rings. The fourth-order valence-electron chi connectivity index (χ4n) is 1.58. The lowest BCUT2D eigenvalue weighted by Gasteiger charge is -2.06. The summed E-state index contributed by atoms with van der Waals surface area (Å²) in [6.07, 6.45) is 1.55. The van der Waals surface area contributed by atoms with Crippen LogP contribution in [0.3, 0.4) is 0 Å². The molecule has 0 aliphatic carbocycles. The van der Waals surface area contributed by atoms with Crippen molar-refractivity contribution in [1.82, 2.24) is 5.43 Å². The Bertz CT molecular complexity index is 623. The number of hydrogen-bond acceptors (Lipinski definition) is 2. The SMILES string of the molecule is Cc1ccccc1NC(=O)NN=Cc1ccc(Cl)cc1. The first-order valence-electron chi connectivity index (χ1n) is 6.06. The van der Waals surface area contributed by atoms with Crippen LogP contribution >= 0.6 is 11.6 Å². The molecule has 5 heteroatoms. The molecule has 102 valence electrons. The lowest BCUT2D eigenvalue weighted by atomic mass is 10.2. The maximum absolute atomic E-state index is 11.7. The van der Waals surface area contributed by atoms with Gasteiger partial charge in [-0.25, -0.2) is 10.2 Å². The van der Waals surface area contributed by atoms with E-state index in [1.165, 1.54) is 0 Å². The standard InChI is InChI=1S/C15H14ClN3O/c1-11-4-2-3-5-14(11)18-15(20)19-17-10-12-6-8-13(16)9-7-12/h2-10H,1H3,(H2,18,19,20). The molecule has 0 radical (unpaired) electrons. The predicted molar refractivity (Wildman–Crippen MR) is 82.4 cm³/mol. The molecule has 2 amide bonds. The van der Waals surface area contributed by atoms with Gasteiger partial charge < -0.3 is 5.32 Å². The number of hydrogen-bond donors (Lipinski definition) is 2. The number of urea groups is 1. The Balaban J connectivity index is 1.89. The number of carbonyl (C=O) groups excluding carboxylic acids is 1. The highest BCUT2D eigenvalue weighted by Crippen LogP contribution is 2.12. The van der Waals surface area contributed by atoms with Crippen LogP contribution in [0.5, 0.6) is 0 Å². The second-order valence-corrected chi connectivity index (χ2v) is 4.63. The van der Waals surface area contributed by atoms with Gasteiger partial charge in [0, 0.05) is 10.7 Å². The first-order chi connectivity index (χ1) is 9.65. The van der Waals surface area contributed by atoms with Crippen molar-refractivity contribution < 1.29 is 4.79 Å². The van der Waals surface area contributed by atoms with Crippen molar-refractivity contribution in [2.24, 2.45) is 5.10 Å². The number of nitrogens with zero attached hydrogens (tertiary/aromatic N) is 1. The smallest absolute Gasteiger partial charge is 0.306 e. The number of hydrazone groups is 1. The van der Waals surface area contributed by atoms with E-state index >= 15 is 0 Å². The molecule has 0 aliphatic rings. The number of para-hydroxylation sites is 1. The van der Waals surface area contributed by atoms with Crippen LogP contribution in [0.1, 0.15) is 11.1 Å². The second-order valence-electron chi connectivity index (χ2n) is 4.19. The predicted octanol–water partition coefficient (Wildman–Crippen LogP) is 3.80. The number of halogens is 1. The molecule has 2 aromatic carbocycles. The molecule has 2 rings (SSSR count). The molecular weight excluding hydrogens is 274 g/mol. The van der Waals surface area contributed by atoms with E-state index < -0.39 is 0 Å². The van der Waals surface area contributed by atoms with Crippen LogP contribution in [0.15, 0.2) is 53.6 Å². The summed E-state index contributed by atoms with van der Waals surface area (Å²) < 4.78 is 0. The van der Waals surface area contributed by atoms with Crippen LogP contribution in [-0.2, 0) is 0 Å². The van der Waals surface area contributed by atoms with Gasteiger partial charge in [0.15, 0.2) is 0 Å². The van der Waals surface area contributed by atoms with E-state index in [-0.39, 0.29) is 6.03 Å². The Morgan fingerprint density at radius 2 is 1.85 bits per heavy atom. The number of anilines is 1. The van der Waals surface area contributed by atoms with Crippen molar-refractivity contribution >= 4 is 29.5 Å². The number of amides is 2. The summed E-state index contributed by atoms with van der Waals surface area (Å²) >= 11 is 5.78. The molecular formula is C15H14ClN3O. The van der Waals surface area contributed by atoms with Crippen LogP contribution in [0, 0.1) is 6.92 Å². The summed E-state index contributed by atoms with van der Waals surface area (Å²) in [7, 11) is 0. The molecule has 0 bridgehead atoms. The molecule has 0 atom stereocenters. The van der Waals surface area contributed by atoms with Gasteiger partial charge in [0.25, 0.3) is 0 Å². The van der Waals surface area contributed by atoms with Gasteiger partial charge in [0.1, 0.15) is 0 Å². The molecule has 4 nitrogen and oxygen atoms in total. The first kappa shape index (κ1) is 14.1.